The molecule has 0 atom stereocenters. The van der Waals surface area contributed by atoms with Crippen molar-refractivity contribution in [3.63, 3.8) is 0 Å². The molecule has 1 aromatic carbocycles. The first-order valence-electron chi connectivity index (χ1n) is 8.94. The van der Waals surface area contributed by atoms with E-state index in [2.05, 4.69) is 25.8 Å². The minimum absolute atomic E-state index is 0.298. The molecule has 0 aliphatic rings. The van der Waals surface area contributed by atoms with Gasteiger partial charge in [0.1, 0.15) is 5.82 Å². The van der Waals surface area contributed by atoms with Gasteiger partial charge in [0.15, 0.2) is 0 Å². The minimum atomic E-state index is -5.08. The maximum atomic E-state index is 12.1. The van der Waals surface area contributed by atoms with Gasteiger partial charge < -0.3 is 10.4 Å². The lowest BCUT2D eigenvalue weighted by atomic mass is 10.2. The molecule has 0 spiro atoms. The number of anilines is 1. The monoisotopic (exact) mass is 439 g/mol. The summed E-state index contributed by atoms with van der Waals surface area (Å²) in [6.45, 7) is 2.36. The van der Waals surface area contributed by atoms with E-state index in [9.17, 15) is 18.0 Å². The first-order valence-corrected chi connectivity index (χ1v) is 8.94. The molecule has 0 aliphatic carbocycles. The molecule has 0 bridgehead atoms. The van der Waals surface area contributed by atoms with E-state index in [1.165, 1.54) is 0 Å². The first kappa shape index (κ1) is 23.4. The van der Waals surface area contributed by atoms with Gasteiger partial charge in [-0.05, 0) is 17.7 Å². The SMILES string of the molecule is CCc1nc(NC(=O)NCc2ccccc2-n2cccn2)nn1C.O=C(O)C(F)(F)F. The van der Waals surface area contributed by atoms with Crippen LogP contribution in [0.4, 0.5) is 23.9 Å². The Balaban J connectivity index is 0.000000423. The van der Waals surface area contributed by atoms with Crippen molar-refractivity contribution < 1.29 is 27.9 Å². The number of nitrogens with one attached hydrogen (secondary N) is 2. The summed E-state index contributed by atoms with van der Waals surface area (Å²) in [5, 5.41) is 21.0. The molecule has 3 rings (SSSR count). The quantitative estimate of drug-likeness (QED) is 0.561. The number of carbonyl (C=O) groups is 2. The van der Waals surface area contributed by atoms with Crippen molar-refractivity contribution in [2.24, 2.45) is 7.05 Å². The zero-order valence-corrected chi connectivity index (χ0v) is 16.6. The van der Waals surface area contributed by atoms with Crippen molar-refractivity contribution in [3.8, 4) is 5.69 Å². The number of aliphatic carboxylic acids is 1. The van der Waals surface area contributed by atoms with Crippen molar-refractivity contribution in [2.45, 2.75) is 26.1 Å². The van der Waals surface area contributed by atoms with Crippen LogP contribution in [-0.2, 0) is 24.8 Å². The van der Waals surface area contributed by atoms with Crippen LogP contribution in [0, 0.1) is 0 Å². The number of benzene rings is 1. The van der Waals surface area contributed by atoms with Gasteiger partial charge >= 0.3 is 18.2 Å². The number of urea groups is 1. The van der Waals surface area contributed by atoms with Gasteiger partial charge in [-0.3, -0.25) is 10.00 Å². The van der Waals surface area contributed by atoms with Crippen LogP contribution in [0.25, 0.3) is 5.69 Å². The van der Waals surface area contributed by atoms with Gasteiger partial charge in [-0.25, -0.2) is 14.3 Å². The molecule has 0 fully saturated rings. The lowest BCUT2D eigenvalue weighted by Crippen LogP contribution is -2.29. The Hall–Kier alpha value is -3.90. The Labute approximate surface area is 174 Å². The molecule has 0 radical (unpaired) electrons. The Morgan fingerprint density at radius 2 is 1.87 bits per heavy atom. The molecule has 2 amide bonds. The Kier molecular flexibility index (Phi) is 7.71. The summed E-state index contributed by atoms with van der Waals surface area (Å²) in [4.78, 5) is 25.2. The second-order valence-electron chi connectivity index (χ2n) is 6.02. The molecule has 3 N–H and O–H groups in total. The summed E-state index contributed by atoms with van der Waals surface area (Å²) in [5.74, 6) is -1.64. The molecule has 10 nitrogen and oxygen atoms in total. The maximum Gasteiger partial charge on any atom is 0.490 e. The highest BCUT2D eigenvalue weighted by Crippen LogP contribution is 2.14. The second-order valence-corrected chi connectivity index (χ2v) is 6.02. The van der Waals surface area contributed by atoms with E-state index in [0.717, 1.165) is 23.5 Å². The number of aromatic nitrogens is 5. The second kappa shape index (κ2) is 10.2. The lowest BCUT2D eigenvalue weighted by Gasteiger charge is -2.10. The third-order valence-electron chi connectivity index (χ3n) is 3.82. The smallest absolute Gasteiger partial charge is 0.475 e. The molecule has 0 saturated carbocycles. The van der Waals surface area contributed by atoms with E-state index >= 15 is 0 Å². The van der Waals surface area contributed by atoms with E-state index < -0.39 is 12.1 Å². The number of carboxylic acids is 1. The fourth-order valence-electron chi connectivity index (χ4n) is 2.39. The zero-order chi connectivity index (χ0) is 23.0. The third-order valence-corrected chi connectivity index (χ3v) is 3.82. The van der Waals surface area contributed by atoms with Gasteiger partial charge in [-0.1, -0.05) is 25.1 Å². The number of halogens is 3. The highest BCUT2D eigenvalue weighted by molar-refractivity contribution is 5.87. The van der Waals surface area contributed by atoms with Crippen molar-refractivity contribution in [1.82, 2.24) is 29.9 Å². The standard InChI is InChI=1S/C16H19N7O.C2HF3O2/c1-3-14-19-15(21-22(14)2)20-16(24)17-11-12-7-4-5-8-13(12)23-10-6-9-18-23;3-2(4,5)1(6)7/h4-10H,3,11H2,1-2H3,(H2,17,20,21,24);(H,6,7). The molecule has 0 unspecified atom stereocenters. The lowest BCUT2D eigenvalue weighted by molar-refractivity contribution is -0.192. The summed E-state index contributed by atoms with van der Waals surface area (Å²) >= 11 is 0. The number of alkyl halides is 3. The van der Waals surface area contributed by atoms with E-state index in [0.29, 0.717) is 12.5 Å². The largest absolute Gasteiger partial charge is 0.490 e. The van der Waals surface area contributed by atoms with Crippen LogP contribution >= 0.6 is 0 Å². The molecule has 2 aromatic heterocycles. The van der Waals surface area contributed by atoms with Crippen LogP contribution in [0.2, 0.25) is 0 Å². The van der Waals surface area contributed by atoms with Crippen LogP contribution in [0.15, 0.2) is 42.7 Å². The predicted molar refractivity (Wildman–Crippen MR) is 103 cm³/mol. The van der Waals surface area contributed by atoms with Crippen LogP contribution in [0.1, 0.15) is 18.3 Å². The average Bonchev–Trinajstić information content (AvgIpc) is 3.36. The van der Waals surface area contributed by atoms with Crippen LogP contribution in [0.5, 0.6) is 0 Å². The molecule has 166 valence electrons. The molecule has 31 heavy (non-hydrogen) atoms. The fourth-order valence-corrected chi connectivity index (χ4v) is 2.39. The topological polar surface area (TPSA) is 127 Å². The van der Waals surface area contributed by atoms with Gasteiger partial charge in [0, 0.05) is 32.4 Å². The number of hydrogen-bond donors (Lipinski definition) is 3. The van der Waals surface area contributed by atoms with Crippen molar-refractivity contribution >= 4 is 17.9 Å². The van der Waals surface area contributed by atoms with Crippen LogP contribution in [0.3, 0.4) is 0 Å². The summed E-state index contributed by atoms with van der Waals surface area (Å²) in [5.41, 5.74) is 1.88. The number of amides is 2. The number of nitrogens with zero attached hydrogens (tertiary/aromatic N) is 5. The molecule has 0 saturated heterocycles. The third kappa shape index (κ3) is 6.83. The van der Waals surface area contributed by atoms with E-state index in [1.807, 2.05) is 43.5 Å². The van der Waals surface area contributed by atoms with Crippen molar-refractivity contribution in [2.75, 3.05) is 5.32 Å². The number of carbonyl (C=O) groups excluding carboxylic acids is 1. The Morgan fingerprint density at radius 3 is 2.42 bits per heavy atom. The van der Waals surface area contributed by atoms with E-state index in [4.69, 9.17) is 9.90 Å². The summed E-state index contributed by atoms with van der Waals surface area (Å²) in [6, 6.07) is 9.27. The fraction of sp³-hybridized carbons (Fsp3) is 0.278. The Bertz CT molecular complexity index is 1020. The van der Waals surface area contributed by atoms with Crippen LogP contribution in [-0.4, -0.2) is 47.8 Å². The van der Waals surface area contributed by atoms with Crippen molar-refractivity contribution in [3.05, 3.63) is 54.1 Å². The van der Waals surface area contributed by atoms with Crippen LogP contribution < -0.4 is 10.6 Å². The van der Waals surface area contributed by atoms with Gasteiger partial charge in [-0.15, -0.1) is 5.10 Å². The molecule has 3 aromatic rings. The van der Waals surface area contributed by atoms with Gasteiger partial charge in [0.25, 0.3) is 0 Å². The van der Waals surface area contributed by atoms with E-state index in [-0.39, 0.29) is 6.03 Å². The number of aryl methyl sites for hydroxylation is 2. The molecule has 13 heteroatoms. The average molecular weight is 439 g/mol. The molecular formula is C18H20F3N7O3. The highest BCUT2D eigenvalue weighted by atomic mass is 19.4. The summed E-state index contributed by atoms with van der Waals surface area (Å²) in [7, 11) is 1.80. The normalized spacial score (nSPS) is 10.7. The minimum Gasteiger partial charge on any atom is -0.475 e. The van der Waals surface area contributed by atoms with Crippen molar-refractivity contribution in [1.29, 1.82) is 0 Å². The highest BCUT2D eigenvalue weighted by Gasteiger charge is 2.38. The zero-order valence-electron chi connectivity index (χ0n) is 16.6. The molecule has 0 aliphatic heterocycles. The summed E-state index contributed by atoms with van der Waals surface area (Å²) < 4.78 is 35.2. The number of rotatable bonds is 5. The number of para-hydroxylation sites is 1. The molecular weight excluding hydrogens is 419 g/mol. The van der Waals surface area contributed by atoms with Gasteiger partial charge in [0.2, 0.25) is 5.95 Å². The van der Waals surface area contributed by atoms with Gasteiger partial charge in [0.05, 0.1) is 5.69 Å². The predicted octanol–water partition coefficient (Wildman–Crippen LogP) is 2.52. The maximum absolute atomic E-state index is 12.1. The Morgan fingerprint density at radius 1 is 1.19 bits per heavy atom. The molecule has 2 heterocycles. The number of carboxylic acid groups (broad SMARTS) is 1. The van der Waals surface area contributed by atoms with E-state index in [1.54, 1.807) is 22.6 Å². The van der Waals surface area contributed by atoms with Gasteiger partial charge in [-0.2, -0.15) is 23.3 Å². The number of hydrogen-bond acceptors (Lipinski definition) is 5. The summed E-state index contributed by atoms with van der Waals surface area (Å²) in [6.07, 6.45) is -0.748. The first-order chi connectivity index (χ1) is 14.6.